The van der Waals surface area contributed by atoms with Crippen LogP contribution in [0.5, 0.6) is 0 Å². The van der Waals surface area contributed by atoms with E-state index in [0.717, 1.165) is 11.1 Å². The van der Waals surface area contributed by atoms with Gasteiger partial charge in [0.05, 0.1) is 12.5 Å². The van der Waals surface area contributed by atoms with Crippen molar-refractivity contribution in [3.63, 3.8) is 0 Å². The zero-order valence-electron chi connectivity index (χ0n) is 12.6. The molecule has 0 spiro atoms. The Kier molecular flexibility index (Phi) is 3.29. The number of aliphatic hydroxyl groups is 1. The quantitative estimate of drug-likeness (QED) is 0.576. The zero-order chi connectivity index (χ0) is 16.6. The summed E-state index contributed by atoms with van der Waals surface area (Å²) in [5.74, 6) is -0.0998. The molecule has 118 valence electrons. The van der Waals surface area contributed by atoms with Crippen LogP contribution in [0.15, 0.2) is 76.4 Å². The minimum absolute atomic E-state index is 0.509. The average molecular weight is 318 g/mol. The van der Waals surface area contributed by atoms with Crippen LogP contribution in [0.1, 0.15) is 16.9 Å². The molecule has 4 rings (SSSR count). The number of carbonyl (C=O) groups excluding carboxylic acids is 1. The number of nitrogens with zero attached hydrogens (tertiary/aromatic N) is 1. The van der Waals surface area contributed by atoms with Crippen molar-refractivity contribution in [1.29, 1.82) is 0 Å². The lowest BCUT2D eigenvalue weighted by Crippen LogP contribution is -2.42. The number of rotatable bonds is 3. The first kappa shape index (κ1) is 14.4. The van der Waals surface area contributed by atoms with Crippen molar-refractivity contribution in [3.8, 4) is 11.1 Å². The molecular formula is C19H14N2O3. The molecule has 2 N–H and O–H groups in total. The van der Waals surface area contributed by atoms with Gasteiger partial charge in [0.25, 0.3) is 5.91 Å². The smallest absolute Gasteiger partial charge is 0.281 e. The van der Waals surface area contributed by atoms with E-state index in [2.05, 4.69) is 10.5 Å². The number of furan rings is 1. The monoisotopic (exact) mass is 318 g/mol. The standard InChI is InChI=1S/C19H14N2O3/c22-18(21-20-12-13-6-5-11-24-13)19(23)16-9-3-1-7-14(16)15-8-2-4-10-17(15)19/h1-12,23H,(H,21,22)/b20-12+. The molecule has 24 heavy (non-hydrogen) atoms. The third kappa shape index (κ3) is 2.06. The first-order valence-corrected chi connectivity index (χ1v) is 7.50. The highest BCUT2D eigenvalue weighted by atomic mass is 16.3. The molecule has 1 aliphatic rings. The van der Waals surface area contributed by atoms with Gasteiger partial charge in [0.15, 0.2) is 5.60 Å². The maximum Gasteiger partial charge on any atom is 0.281 e. The third-order valence-electron chi connectivity index (χ3n) is 4.15. The minimum Gasteiger partial charge on any atom is -0.463 e. The van der Waals surface area contributed by atoms with Crippen molar-refractivity contribution in [1.82, 2.24) is 5.43 Å². The van der Waals surface area contributed by atoms with Gasteiger partial charge < -0.3 is 9.52 Å². The summed E-state index contributed by atoms with van der Waals surface area (Å²) in [5, 5.41) is 15.1. The Balaban J connectivity index is 1.72. The van der Waals surface area contributed by atoms with Gasteiger partial charge in [0.2, 0.25) is 0 Å². The summed E-state index contributed by atoms with van der Waals surface area (Å²) in [7, 11) is 0. The van der Waals surface area contributed by atoms with Crippen molar-refractivity contribution < 1.29 is 14.3 Å². The molecule has 1 aliphatic carbocycles. The van der Waals surface area contributed by atoms with Crippen LogP contribution in [0.2, 0.25) is 0 Å². The van der Waals surface area contributed by atoms with E-state index in [4.69, 9.17) is 4.42 Å². The van der Waals surface area contributed by atoms with E-state index in [9.17, 15) is 9.90 Å². The fraction of sp³-hybridized carbons (Fsp3) is 0.0526. The molecule has 1 aromatic heterocycles. The van der Waals surface area contributed by atoms with Crippen molar-refractivity contribution in [2.24, 2.45) is 5.10 Å². The van der Waals surface area contributed by atoms with E-state index in [1.54, 1.807) is 36.4 Å². The second kappa shape index (κ2) is 5.47. The van der Waals surface area contributed by atoms with E-state index in [1.807, 2.05) is 24.3 Å². The van der Waals surface area contributed by atoms with E-state index >= 15 is 0 Å². The fourth-order valence-electron chi connectivity index (χ4n) is 3.06. The summed E-state index contributed by atoms with van der Waals surface area (Å²) in [6.45, 7) is 0. The van der Waals surface area contributed by atoms with Gasteiger partial charge in [-0.25, -0.2) is 5.43 Å². The Hall–Kier alpha value is -3.18. The van der Waals surface area contributed by atoms with Crippen molar-refractivity contribution in [3.05, 3.63) is 83.8 Å². The Labute approximate surface area is 138 Å². The molecule has 2 aromatic carbocycles. The van der Waals surface area contributed by atoms with E-state index in [0.29, 0.717) is 16.9 Å². The molecule has 3 aromatic rings. The highest BCUT2D eigenvalue weighted by molar-refractivity contribution is 5.99. The third-order valence-corrected chi connectivity index (χ3v) is 4.15. The van der Waals surface area contributed by atoms with Crippen LogP contribution in [0.3, 0.4) is 0 Å². The number of hydrazone groups is 1. The maximum atomic E-state index is 12.7. The van der Waals surface area contributed by atoms with Crippen LogP contribution in [-0.4, -0.2) is 17.2 Å². The highest BCUT2D eigenvalue weighted by Crippen LogP contribution is 2.47. The fourth-order valence-corrected chi connectivity index (χ4v) is 3.06. The predicted molar refractivity (Wildman–Crippen MR) is 89.3 cm³/mol. The van der Waals surface area contributed by atoms with Crippen LogP contribution in [0.4, 0.5) is 0 Å². The van der Waals surface area contributed by atoms with Crippen molar-refractivity contribution in [2.45, 2.75) is 5.60 Å². The van der Waals surface area contributed by atoms with Gasteiger partial charge in [-0.2, -0.15) is 5.10 Å². The van der Waals surface area contributed by atoms with Crippen LogP contribution < -0.4 is 5.43 Å². The Morgan fingerprint density at radius 2 is 1.62 bits per heavy atom. The normalized spacial score (nSPS) is 14.4. The molecule has 0 saturated heterocycles. The molecule has 0 radical (unpaired) electrons. The molecule has 1 amide bonds. The summed E-state index contributed by atoms with van der Waals surface area (Å²) in [6.07, 6.45) is 2.90. The molecule has 5 nitrogen and oxygen atoms in total. The number of hydrogen-bond donors (Lipinski definition) is 2. The van der Waals surface area contributed by atoms with Gasteiger partial charge >= 0.3 is 0 Å². The van der Waals surface area contributed by atoms with Gasteiger partial charge in [0.1, 0.15) is 5.76 Å². The first-order valence-electron chi connectivity index (χ1n) is 7.50. The summed E-state index contributed by atoms with van der Waals surface area (Å²) in [5.41, 5.74) is 3.44. The van der Waals surface area contributed by atoms with E-state index < -0.39 is 11.5 Å². The lowest BCUT2D eigenvalue weighted by Gasteiger charge is -2.23. The molecule has 0 fully saturated rings. The second-order valence-electron chi connectivity index (χ2n) is 5.52. The van der Waals surface area contributed by atoms with Gasteiger partial charge in [-0.15, -0.1) is 0 Å². The number of carbonyl (C=O) groups is 1. The molecule has 0 aliphatic heterocycles. The molecular weight excluding hydrogens is 304 g/mol. The van der Waals surface area contributed by atoms with Crippen LogP contribution in [0.25, 0.3) is 11.1 Å². The number of amides is 1. The lowest BCUT2D eigenvalue weighted by molar-refractivity contribution is -0.136. The van der Waals surface area contributed by atoms with Crippen molar-refractivity contribution in [2.75, 3.05) is 0 Å². The predicted octanol–water partition coefficient (Wildman–Crippen LogP) is 2.65. The topological polar surface area (TPSA) is 74.8 Å². The molecule has 0 atom stereocenters. The average Bonchev–Trinajstić information content (AvgIpc) is 3.22. The summed E-state index contributed by atoms with van der Waals surface area (Å²) < 4.78 is 5.12. The van der Waals surface area contributed by atoms with E-state index in [1.165, 1.54) is 12.5 Å². The summed E-state index contributed by atoms with van der Waals surface area (Å²) >= 11 is 0. The Morgan fingerprint density at radius 3 is 2.21 bits per heavy atom. The van der Waals surface area contributed by atoms with Crippen LogP contribution >= 0.6 is 0 Å². The number of hydrogen-bond acceptors (Lipinski definition) is 4. The van der Waals surface area contributed by atoms with Crippen molar-refractivity contribution >= 4 is 12.1 Å². The highest BCUT2D eigenvalue weighted by Gasteiger charge is 2.47. The zero-order valence-corrected chi connectivity index (χ0v) is 12.6. The SMILES string of the molecule is O=C(N/N=C/c1ccco1)C1(O)c2ccccc2-c2ccccc21. The molecule has 5 heteroatoms. The van der Waals surface area contributed by atoms with Gasteiger partial charge in [0, 0.05) is 11.1 Å². The molecule has 0 saturated carbocycles. The minimum atomic E-state index is -1.77. The van der Waals surface area contributed by atoms with E-state index in [-0.39, 0.29) is 0 Å². The maximum absolute atomic E-state index is 12.7. The molecule has 1 heterocycles. The number of benzene rings is 2. The second-order valence-corrected chi connectivity index (χ2v) is 5.52. The Morgan fingerprint density at radius 1 is 1.00 bits per heavy atom. The van der Waals surface area contributed by atoms with Crippen LogP contribution in [-0.2, 0) is 10.4 Å². The summed E-state index contributed by atoms with van der Waals surface area (Å²) in [4.78, 5) is 12.7. The van der Waals surface area contributed by atoms with Crippen LogP contribution in [0, 0.1) is 0 Å². The number of nitrogens with one attached hydrogen (secondary N) is 1. The summed E-state index contributed by atoms with van der Waals surface area (Å²) in [6, 6.07) is 18.1. The first-order chi connectivity index (χ1) is 11.7. The molecule has 0 unspecified atom stereocenters. The van der Waals surface area contributed by atoms with Gasteiger partial charge in [-0.1, -0.05) is 48.5 Å². The largest absolute Gasteiger partial charge is 0.463 e. The van der Waals surface area contributed by atoms with Gasteiger partial charge in [-0.3, -0.25) is 4.79 Å². The lowest BCUT2D eigenvalue weighted by atomic mass is 9.91. The molecule has 0 bridgehead atoms. The Bertz CT molecular complexity index is 884. The van der Waals surface area contributed by atoms with Gasteiger partial charge in [-0.05, 0) is 23.3 Å². The number of fused-ring (bicyclic) bond motifs is 3.